The lowest BCUT2D eigenvalue weighted by atomic mass is 10.1. The summed E-state index contributed by atoms with van der Waals surface area (Å²) in [5.74, 6) is 1.32. The number of aliphatic imine (C=N–C) groups is 1. The van der Waals surface area contributed by atoms with Crippen molar-refractivity contribution in [3.05, 3.63) is 64.2 Å². The number of benzene rings is 2. The van der Waals surface area contributed by atoms with Gasteiger partial charge >= 0.3 is 0 Å². The highest BCUT2D eigenvalue weighted by atomic mass is 35.5. The summed E-state index contributed by atoms with van der Waals surface area (Å²) >= 11 is 6.03. The highest BCUT2D eigenvalue weighted by Crippen LogP contribution is 2.20. The molecule has 0 aliphatic heterocycles. The molecule has 2 aromatic rings. The molecule has 1 amide bonds. The quantitative estimate of drug-likeness (QED) is 0.360. The predicted molar refractivity (Wildman–Crippen MR) is 114 cm³/mol. The lowest BCUT2D eigenvalue weighted by Crippen LogP contribution is -2.41. The second kappa shape index (κ2) is 11.2. The van der Waals surface area contributed by atoms with Crippen molar-refractivity contribution >= 4 is 23.5 Å². The summed E-state index contributed by atoms with van der Waals surface area (Å²) in [6, 6.07) is 13.1. The topological polar surface area (TPSA) is 74.8 Å². The van der Waals surface area contributed by atoms with Crippen molar-refractivity contribution < 1.29 is 9.53 Å². The number of nitrogens with one attached hydrogen (secondary N) is 3. The van der Waals surface area contributed by atoms with E-state index in [1.54, 1.807) is 31.3 Å². The monoisotopic (exact) mass is 402 g/mol. The van der Waals surface area contributed by atoms with Gasteiger partial charge in [-0.3, -0.25) is 9.79 Å². The molecule has 0 spiro atoms. The SMILES string of the molecule is CCOc1cc(C)ccc1CNC(=NC)NCCNC(=O)c1ccccc1Cl. The first-order chi connectivity index (χ1) is 13.5. The van der Waals surface area contributed by atoms with Gasteiger partial charge < -0.3 is 20.7 Å². The Morgan fingerprint density at radius 3 is 2.57 bits per heavy atom. The first kappa shape index (κ1) is 21.6. The van der Waals surface area contributed by atoms with Gasteiger partial charge in [-0.25, -0.2) is 0 Å². The van der Waals surface area contributed by atoms with E-state index in [0.29, 0.717) is 42.8 Å². The van der Waals surface area contributed by atoms with Crippen LogP contribution in [0.2, 0.25) is 5.02 Å². The second-order valence-electron chi connectivity index (χ2n) is 6.13. The van der Waals surface area contributed by atoms with Crippen LogP contribution in [0.5, 0.6) is 5.75 Å². The van der Waals surface area contributed by atoms with E-state index in [4.69, 9.17) is 16.3 Å². The van der Waals surface area contributed by atoms with E-state index >= 15 is 0 Å². The summed E-state index contributed by atoms with van der Waals surface area (Å²) < 4.78 is 5.70. The number of hydrogen-bond acceptors (Lipinski definition) is 3. The van der Waals surface area contributed by atoms with Gasteiger partial charge in [-0.2, -0.15) is 0 Å². The number of halogens is 1. The summed E-state index contributed by atoms with van der Waals surface area (Å²) in [7, 11) is 1.70. The molecule has 28 heavy (non-hydrogen) atoms. The minimum atomic E-state index is -0.198. The van der Waals surface area contributed by atoms with Crippen LogP contribution in [0.25, 0.3) is 0 Å². The van der Waals surface area contributed by atoms with Crippen molar-refractivity contribution in [1.29, 1.82) is 0 Å². The number of carbonyl (C=O) groups excluding carboxylic acids is 1. The van der Waals surface area contributed by atoms with Gasteiger partial charge in [-0.15, -0.1) is 0 Å². The molecule has 0 saturated carbocycles. The third kappa shape index (κ3) is 6.46. The summed E-state index contributed by atoms with van der Waals surface area (Å²) in [5, 5.41) is 9.71. The zero-order valence-electron chi connectivity index (χ0n) is 16.5. The maximum absolute atomic E-state index is 12.1. The minimum absolute atomic E-state index is 0.198. The van der Waals surface area contributed by atoms with Crippen molar-refractivity contribution in [2.24, 2.45) is 4.99 Å². The van der Waals surface area contributed by atoms with Gasteiger partial charge in [0.2, 0.25) is 0 Å². The van der Waals surface area contributed by atoms with Gasteiger partial charge in [0.15, 0.2) is 5.96 Å². The first-order valence-corrected chi connectivity index (χ1v) is 9.62. The van der Waals surface area contributed by atoms with Crippen LogP contribution >= 0.6 is 11.6 Å². The van der Waals surface area contributed by atoms with Crippen molar-refractivity contribution in [1.82, 2.24) is 16.0 Å². The van der Waals surface area contributed by atoms with Gasteiger partial charge in [-0.05, 0) is 37.6 Å². The molecule has 0 aliphatic rings. The maximum Gasteiger partial charge on any atom is 0.252 e. The number of rotatable bonds is 8. The number of hydrogen-bond donors (Lipinski definition) is 3. The number of amides is 1. The molecule has 0 saturated heterocycles. The molecular weight excluding hydrogens is 376 g/mol. The van der Waals surface area contributed by atoms with Gasteiger partial charge in [0.25, 0.3) is 5.91 Å². The molecule has 0 aliphatic carbocycles. The Bertz CT molecular complexity index is 824. The summed E-state index contributed by atoms with van der Waals surface area (Å²) in [6.07, 6.45) is 0. The second-order valence-corrected chi connectivity index (χ2v) is 6.54. The Kier molecular flexibility index (Phi) is 8.62. The molecule has 150 valence electrons. The Morgan fingerprint density at radius 1 is 1.11 bits per heavy atom. The van der Waals surface area contributed by atoms with Crippen LogP contribution in [0, 0.1) is 6.92 Å². The summed E-state index contributed by atoms with van der Waals surface area (Å²) in [5.41, 5.74) is 2.68. The van der Waals surface area contributed by atoms with Crippen LogP contribution < -0.4 is 20.7 Å². The minimum Gasteiger partial charge on any atom is -0.494 e. The number of nitrogens with zero attached hydrogens (tertiary/aromatic N) is 1. The van der Waals surface area contributed by atoms with Gasteiger partial charge in [0.1, 0.15) is 5.75 Å². The van der Waals surface area contributed by atoms with Crippen molar-refractivity contribution in [2.45, 2.75) is 20.4 Å². The zero-order chi connectivity index (χ0) is 20.4. The van der Waals surface area contributed by atoms with Crippen molar-refractivity contribution in [3.63, 3.8) is 0 Å². The Balaban J connectivity index is 1.79. The standard InChI is InChI=1S/C21H27ClN4O2/c1-4-28-19-13-15(2)9-10-16(19)14-26-21(23-3)25-12-11-24-20(27)17-7-5-6-8-18(17)22/h5-10,13H,4,11-12,14H2,1-3H3,(H,24,27)(H2,23,25,26). The Hall–Kier alpha value is -2.73. The molecule has 0 bridgehead atoms. The van der Waals surface area contributed by atoms with E-state index < -0.39 is 0 Å². The first-order valence-electron chi connectivity index (χ1n) is 9.24. The molecule has 3 N–H and O–H groups in total. The van der Waals surface area contributed by atoms with Crippen LogP contribution in [-0.4, -0.2) is 38.6 Å². The third-order valence-corrected chi connectivity index (χ3v) is 4.34. The molecule has 0 radical (unpaired) electrons. The van der Waals surface area contributed by atoms with Crippen LogP contribution in [0.1, 0.15) is 28.4 Å². The summed E-state index contributed by atoms with van der Waals surface area (Å²) in [6.45, 7) is 6.19. The average molecular weight is 403 g/mol. The third-order valence-electron chi connectivity index (χ3n) is 4.01. The highest BCUT2D eigenvalue weighted by Gasteiger charge is 2.09. The smallest absolute Gasteiger partial charge is 0.252 e. The fourth-order valence-corrected chi connectivity index (χ4v) is 2.82. The van der Waals surface area contributed by atoms with Crippen LogP contribution in [0.3, 0.4) is 0 Å². The van der Waals surface area contributed by atoms with Crippen molar-refractivity contribution in [2.75, 3.05) is 26.7 Å². The lowest BCUT2D eigenvalue weighted by Gasteiger charge is -2.15. The van der Waals surface area contributed by atoms with Crippen molar-refractivity contribution in [3.8, 4) is 5.75 Å². The Morgan fingerprint density at radius 2 is 1.86 bits per heavy atom. The van der Waals surface area contributed by atoms with Gasteiger partial charge in [-0.1, -0.05) is 35.9 Å². The van der Waals surface area contributed by atoms with E-state index in [1.807, 2.05) is 26.0 Å². The van der Waals surface area contributed by atoms with Crippen LogP contribution in [0.15, 0.2) is 47.5 Å². The fourth-order valence-electron chi connectivity index (χ4n) is 2.59. The number of ether oxygens (including phenoxy) is 1. The van der Waals surface area contributed by atoms with E-state index in [-0.39, 0.29) is 5.91 Å². The molecule has 0 fully saturated rings. The Labute approximate surface area is 171 Å². The molecule has 2 rings (SSSR count). The lowest BCUT2D eigenvalue weighted by molar-refractivity contribution is 0.0954. The summed E-state index contributed by atoms with van der Waals surface area (Å²) in [4.78, 5) is 16.3. The molecule has 0 heterocycles. The largest absolute Gasteiger partial charge is 0.494 e. The van der Waals surface area contributed by atoms with Gasteiger partial charge in [0, 0.05) is 32.2 Å². The molecular formula is C21H27ClN4O2. The van der Waals surface area contributed by atoms with Gasteiger partial charge in [0.05, 0.1) is 17.2 Å². The van der Waals surface area contributed by atoms with E-state index in [2.05, 4.69) is 27.0 Å². The van der Waals surface area contributed by atoms with E-state index in [1.165, 1.54) is 0 Å². The van der Waals surface area contributed by atoms with Crippen LogP contribution in [-0.2, 0) is 6.54 Å². The number of guanidine groups is 1. The number of aryl methyl sites for hydroxylation is 1. The maximum atomic E-state index is 12.1. The zero-order valence-corrected chi connectivity index (χ0v) is 17.3. The van der Waals surface area contributed by atoms with E-state index in [9.17, 15) is 4.79 Å². The van der Waals surface area contributed by atoms with E-state index in [0.717, 1.165) is 16.9 Å². The molecule has 6 nitrogen and oxygen atoms in total. The molecule has 0 aromatic heterocycles. The molecule has 7 heteroatoms. The fraction of sp³-hybridized carbons (Fsp3) is 0.333. The molecule has 0 unspecified atom stereocenters. The number of carbonyl (C=O) groups is 1. The molecule has 2 aromatic carbocycles. The highest BCUT2D eigenvalue weighted by molar-refractivity contribution is 6.33. The molecule has 0 atom stereocenters. The normalized spacial score (nSPS) is 11.1. The predicted octanol–water partition coefficient (Wildman–Crippen LogP) is 3.14. The average Bonchev–Trinajstić information content (AvgIpc) is 2.69. The van der Waals surface area contributed by atoms with Crippen LogP contribution in [0.4, 0.5) is 0 Å².